The van der Waals surface area contributed by atoms with Crippen molar-refractivity contribution in [1.82, 2.24) is 4.90 Å². The van der Waals surface area contributed by atoms with Crippen molar-refractivity contribution >= 4 is 17.6 Å². The van der Waals surface area contributed by atoms with Crippen LogP contribution in [0.25, 0.3) is 0 Å². The van der Waals surface area contributed by atoms with E-state index in [-0.39, 0.29) is 43.1 Å². The molecule has 0 aromatic heterocycles. The minimum atomic E-state index is -1.05. The third-order valence-electron chi connectivity index (χ3n) is 8.54. The molecule has 3 aromatic rings. The summed E-state index contributed by atoms with van der Waals surface area (Å²) in [6, 6.07) is 12.8. The Labute approximate surface area is 255 Å². The highest BCUT2D eigenvalue weighted by atomic mass is 19.1. The zero-order valence-corrected chi connectivity index (χ0v) is 25.2. The van der Waals surface area contributed by atoms with Gasteiger partial charge in [0.2, 0.25) is 18.4 Å². The molecule has 1 amide bonds. The Balaban J connectivity index is 1.48. The van der Waals surface area contributed by atoms with Gasteiger partial charge in [-0.05, 0) is 77.8 Å². The van der Waals surface area contributed by atoms with Gasteiger partial charge in [0.05, 0.1) is 12.5 Å². The first-order valence-electron chi connectivity index (χ1n) is 15.0. The van der Waals surface area contributed by atoms with Crippen LogP contribution >= 0.6 is 0 Å². The fourth-order valence-electron chi connectivity index (χ4n) is 6.44. The number of nitrogens with one attached hydrogen (secondary N) is 1. The summed E-state index contributed by atoms with van der Waals surface area (Å²) in [5.41, 5.74) is 4.26. The number of methoxy groups -OCH3 is 1. The van der Waals surface area contributed by atoms with Crippen LogP contribution in [0.5, 0.6) is 11.5 Å². The lowest BCUT2D eigenvalue weighted by Gasteiger charge is -2.27. The summed E-state index contributed by atoms with van der Waals surface area (Å²) >= 11 is 0. The van der Waals surface area contributed by atoms with Crippen molar-refractivity contribution in [3.63, 3.8) is 0 Å². The maximum Gasteiger partial charge on any atom is 0.309 e. The fraction of sp³-hybridized carbons (Fsp3) is 0.412. The minimum absolute atomic E-state index is 0.00761. The number of amides is 1. The lowest BCUT2D eigenvalue weighted by molar-refractivity contribution is -0.143. The molecule has 0 radical (unpaired) electrons. The SMILES string of the molecule is CCc1cc(F)cc(CC)c1NC(=O)CN1C[C@H](c2cc(F)c3c(c2)OCO3)C(C(=O)O)[C@@H]1c1ccc(CCCOC)cc1. The molecule has 234 valence electrons. The van der Waals surface area contributed by atoms with Gasteiger partial charge in [-0.3, -0.25) is 14.5 Å². The van der Waals surface area contributed by atoms with Gasteiger partial charge in [0.15, 0.2) is 11.6 Å². The number of nitrogens with zero attached hydrogens (tertiary/aromatic N) is 1. The highest BCUT2D eigenvalue weighted by molar-refractivity contribution is 5.94. The second-order valence-corrected chi connectivity index (χ2v) is 11.3. The lowest BCUT2D eigenvalue weighted by Crippen LogP contribution is -2.35. The third-order valence-corrected chi connectivity index (χ3v) is 8.54. The summed E-state index contributed by atoms with van der Waals surface area (Å²) < 4.78 is 45.0. The molecule has 1 saturated heterocycles. The molecule has 44 heavy (non-hydrogen) atoms. The molecule has 2 aliphatic rings. The lowest BCUT2D eigenvalue weighted by atomic mass is 9.82. The zero-order chi connectivity index (χ0) is 31.4. The molecular weight excluding hydrogens is 570 g/mol. The molecule has 8 nitrogen and oxygen atoms in total. The van der Waals surface area contributed by atoms with E-state index in [1.165, 1.54) is 18.2 Å². The van der Waals surface area contributed by atoms with Crippen molar-refractivity contribution in [1.29, 1.82) is 0 Å². The molecule has 2 heterocycles. The number of hydrogen-bond donors (Lipinski definition) is 2. The van der Waals surface area contributed by atoms with Crippen molar-refractivity contribution in [2.24, 2.45) is 5.92 Å². The van der Waals surface area contributed by atoms with Crippen LogP contribution in [0.2, 0.25) is 0 Å². The van der Waals surface area contributed by atoms with Crippen LogP contribution < -0.4 is 14.8 Å². The van der Waals surface area contributed by atoms with Crippen molar-refractivity contribution in [3.8, 4) is 11.5 Å². The molecule has 1 unspecified atom stereocenters. The minimum Gasteiger partial charge on any atom is -0.481 e. The van der Waals surface area contributed by atoms with Gasteiger partial charge in [0.25, 0.3) is 0 Å². The molecule has 3 atom stereocenters. The van der Waals surface area contributed by atoms with Gasteiger partial charge in [0.1, 0.15) is 5.82 Å². The number of fused-ring (bicyclic) bond motifs is 1. The van der Waals surface area contributed by atoms with E-state index < -0.39 is 29.7 Å². The molecule has 5 rings (SSSR count). The number of aryl methyl sites for hydroxylation is 3. The molecule has 0 aliphatic carbocycles. The number of hydrogen-bond acceptors (Lipinski definition) is 6. The fourth-order valence-corrected chi connectivity index (χ4v) is 6.44. The van der Waals surface area contributed by atoms with Gasteiger partial charge in [-0.2, -0.15) is 0 Å². The highest BCUT2D eigenvalue weighted by Crippen LogP contribution is 2.48. The number of carbonyl (C=O) groups excluding carboxylic acids is 1. The first-order chi connectivity index (χ1) is 21.2. The van der Waals surface area contributed by atoms with E-state index in [0.717, 1.165) is 24.0 Å². The number of anilines is 1. The Morgan fingerprint density at radius 1 is 1.02 bits per heavy atom. The topological polar surface area (TPSA) is 97.3 Å². The van der Waals surface area contributed by atoms with Crippen LogP contribution in [-0.4, -0.2) is 55.5 Å². The van der Waals surface area contributed by atoms with E-state index in [4.69, 9.17) is 14.2 Å². The van der Waals surface area contributed by atoms with E-state index in [1.807, 2.05) is 43.0 Å². The largest absolute Gasteiger partial charge is 0.481 e. The molecule has 0 bridgehead atoms. The molecule has 2 N–H and O–H groups in total. The van der Waals surface area contributed by atoms with Gasteiger partial charge < -0.3 is 24.6 Å². The predicted molar refractivity (Wildman–Crippen MR) is 161 cm³/mol. The van der Waals surface area contributed by atoms with Crippen molar-refractivity contribution in [3.05, 3.63) is 88.0 Å². The Morgan fingerprint density at radius 2 is 1.73 bits per heavy atom. The maximum atomic E-state index is 15.0. The summed E-state index contributed by atoms with van der Waals surface area (Å²) in [7, 11) is 1.66. The predicted octanol–water partition coefficient (Wildman–Crippen LogP) is 5.88. The average Bonchev–Trinajstić information content (AvgIpc) is 3.64. The highest BCUT2D eigenvalue weighted by Gasteiger charge is 2.48. The standard InChI is InChI=1S/C34H38F2N2O6/c1-4-21-13-25(35)14-22(5-2)31(21)37-29(39)18-38-17-26(24-15-27(36)33-28(16-24)43-19-44-33)30(34(40)41)32(38)23-10-8-20(9-11-23)7-6-12-42-3/h8-11,13-16,26,30,32H,4-7,12,17-19H2,1-3H3,(H,37,39)(H,40,41)/t26-,30?,32+/m1/s1. The molecule has 0 saturated carbocycles. The average molecular weight is 609 g/mol. The summed E-state index contributed by atoms with van der Waals surface area (Å²) in [4.78, 5) is 28.4. The Kier molecular flexibility index (Phi) is 9.80. The molecule has 2 aliphatic heterocycles. The summed E-state index contributed by atoms with van der Waals surface area (Å²) in [5.74, 6) is -3.76. The number of likely N-dealkylation sites (tertiary alicyclic amines) is 1. The number of carboxylic acids is 1. The van der Waals surface area contributed by atoms with Crippen LogP contribution in [-0.2, 0) is 33.6 Å². The third kappa shape index (κ3) is 6.56. The number of ether oxygens (including phenoxy) is 3. The molecule has 1 fully saturated rings. The van der Waals surface area contributed by atoms with Crippen molar-refractivity contribution < 1.29 is 37.7 Å². The number of carboxylic acid groups (broad SMARTS) is 1. The van der Waals surface area contributed by atoms with Gasteiger partial charge in [-0.25, -0.2) is 8.78 Å². The summed E-state index contributed by atoms with van der Waals surface area (Å²) in [6.07, 6.45) is 2.72. The second kappa shape index (κ2) is 13.7. The van der Waals surface area contributed by atoms with Crippen molar-refractivity contribution in [2.45, 2.75) is 51.5 Å². The van der Waals surface area contributed by atoms with Crippen LogP contribution in [0.3, 0.4) is 0 Å². The van der Waals surface area contributed by atoms with Gasteiger partial charge >= 0.3 is 5.97 Å². The van der Waals surface area contributed by atoms with Crippen LogP contribution in [0, 0.1) is 17.6 Å². The van der Waals surface area contributed by atoms with Crippen LogP contribution in [0.4, 0.5) is 14.5 Å². The second-order valence-electron chi connectivity index (χ2n) is 11.3. The molecule has 0 spiro atoms. The molecular formula is C34H38F2N2O6. The van der Waals surface area contributed by atoms with Gasteiger partial charge in [0, 0.05) is 37.9 Å². The monoisotopic (exact) mass is 608 g/mol. The zero-order valence-electron chi connectivity index (χ0n) is 25.2. The van der Waals surface area contributed by atoms with E-state index in [1.54, 1.807) is 13.2 Å². The Morgan fingerprint density at radius 3 is 2.36 bits per heavy atom. The molecule has 3 aromatic carbocycles. The number of halogens is 2. The first kappa shape index (κ1) is 31.4. The van der Waals surface area contributed by atoms with Crippen LogP contribution in [0.1, 0.15) is 60.0 Å². The quantitative estimate of drug-likeness (QED) is 0.248. The van der Waals surface area contributed by atoms with Gasteiger partial charge in [-0.15, -0.1) is 0 Å². The number of carbonyl (C=O) groups is 2. The normalized spacial score (nSPS) is 19.3. The van der Waals surface area contributed by atoms with Crippen LogP contribution in [0.15, 0.2) is 48.5 Å². The number of benzene rings is 3. The van der Waals surface area contributed by atoms with Gasteiger partial charge in [-0.1, -0.05) is 38.1 Å². The van der Waals surface area contributed by atoms with E-state index in [0.29, 0.717) is 41.8 Å². The van der Waals surface area contributed by atoms with Crippen molar-refractivity contribution in [2.75, 3.05) is 38.9 Å². The summed E-state index contributed by atoms with van der Waals surface area (Å²) in [6.45, 7) is 4.39. The number of rotatable bonds is 12. The first-order valence-corrected chi connectivity index (χ1v) is 15.0. The van der Waals surface area contributed by atoms with E-state index >= 15 is 0 Å². The maximum absolute atomic E-state index is 15.0. The van der Waals surface area contributed by atoms with E-state index in [9.17, 15) is 23.5 Å². The Bertz CT molecular complexity index is 1490. The number of aliphatic carboxylic acids is 1. The Hall–Kier alpha value is -4.02. The molecule has 10 heteroatoms. The summed E-state index contributed by atoms with van der Waals surface area (Å²) in [5, 5.41) is 13.5. The smallest absolute Gasteiger partial charge is 0.309 e. The van der Waals surface area contributed by atoms with E-state index in [2.05, 4.69) is 5.32 Å².